The van der Waals surface area contributed by atoms with Crippen LogP contribution in [0.4, 0.5) is 10.5 Å². The van der Waals surface area contributed by atoms with Crippen molar-refractivity contribution in [3.8, 4) is 0 Å². The second kappa shape index (κ2) is 6.93. The molecule has 1 aromatic rings. The van der Waals surface area contributed by atoms with Gasteiger partial charge in [-0.1, -0.05) is 17.7 Å². The van der Waals surface area contributed by atoms with Gasteiger partial charge in [0.2, 0.25) is 0 Å². The summed E-state index contributed by atoms with van der Waals surface area (Å²) in [4.78, 5) is 26.4. The molecule has 0 aliphatic heterocycles. The molecule has 5 nitrogen and oxygen atoms in total. The molecule has 20 heavy (non-hydrogen) atoms. The first-order valence-corrected chi connectivity index (χ1v) is 6.73. The molecular weight excluding hydrogens is 256 g/mol. The number of carbonyl (C=O) groups is 2. The van der Waals surface area contributed by atoms with Crippen molar-refractivity contribution in [2.75, 3.05) is 18.0 Å². The average molecular weight is 278 g/mol. The van der Waals surface area contributed by atoms with Crippen molar-refractivity contribution in [3.05, 3.63) is 29.8 Å². The predicted molar refractivity (Wildman–Crippen MR) is 79.1 cm³/mol. The molecule has 0 unspecified atom stereocenters. The third-order valence-electron chi connectivity index (χ3n) is 3.07. The van der Waals surface area contributed by atoms with E-state index in [4.69, 9.17) is 5.11 Å². The van der Waals surface area contributed by atoms with E-state index in [9.17, 15) is 9.59 Å². The average Bonchev–Trinajstić information content (AvgIpc) is 2.38. The number of amides is 2. The first kappa shape index (κ1) is 16.0. The van der Waals surface area contributed by atoms with Crippen molar-refractivity contribution >= 4 is 17.7 Å². The van der Waals surface area contributed by atoms with Gasteiger partial charge < -0.3 is 10.0 Å². The predicted octanol–water partition coefficient (Wildman–Crippen LogP) is 2.74. The van der Waals surface area contributed by atoms with Crippen molar-refractivity contribution < 1.29 is 14.7 Å². The normalized spacial score (nSPS) is 10.4. The molecule has 0 bridgehead atoms. The van der Waals surface area contributed by atoms with Gasteiger partial charge in [-0.25, -0.2) is 4.79 Å². The SMILES string of the molecule is CCN(C(=O)N(CC(=O)O)C(C)C)c1ccc(C)cc1. The van der Waals surface area contributed by atoms with E-state index in [-0.39, 0.29) is 18.6 Å². The maximum atomic E-state index is 12.5. The van der Waals surface area contributed by atoms with E-state index in [2.05, 4.69) is 0 Å². The van der Waals surface area contributed by atoms with Crippen molar-refractivity contribution in [2.45, 2.75) is 33.7 Å². The molecule has 0 saturated heterocycles. The number of anilines is 1. The van der Waals surface area contributed by atoms with Crippen LogP contribution in [-0.4, -0.2) is 41.1 Å². The topological polar surface area (TPSA) is 60.9 Å². The van der Waals surface area contributed by atoms with Crippen LogP contribution in [0.15, 0.2) is 24.3 Å². The van der Waals surface area contributed by atoms with Crippen molar-refractivity contribution in [2.24, 2.45) is 0 Å². The number of hydrogen-bond donors (Lipinski definition) is 1. The molecule has 0 aliphatic rings. The summed E-state index contributed by atoms with van der Waals surface area (Å²) in [6, 6.07) is 7.16. The second-order valence-corrected chi connectivity index (χ2v) is 4.98. The van der Waals surface area contributed by atoms with Gasteiger partial charge >= 0.3 is 12.0 Å². The standard InChI is InChI=1S/C15H22N2O3/c1-5-16(13-8-6-12(4)7-9-13)15(20)17(11(2)3)10-14(18)19/h6-9,11H,5,10H2,1-4H3,(H,18,19). The Labute approximate surface area is 119 Å². The maximum Gasteiger partial charge on any atom is 0.325 e. The van der Waals surface area contributed by atoms with Gasteiger partial charge in [-0.3, -0.25) is 9.69 Å². The van der Waals surface area contributed by atoms with Crippen LogP contribution in [0.5, 0.6) is 0 Å². The van der Waals surface area contributed by atoms with Crippen LogP contribution in [0.25, 0.3) is 0 Å². The van der Waals surface area contributed by atoms with Crippen LogP contribution in [0.1, 0.15) is 26.3 Å². The molecule has 0 atom stereocenters. The number of benzene rings is 1. The van der Waals surface area contributed by atoms with Crippen LogP contribution < -0.4 is 4.90 Å². The molecular formula is C15H22N2O3. The molecule has 0 aliphatic carbocycles. The van der Waals surface area contributed by atoms with Gasteiger partial charge in [0.05, 0.1) is 0 Å². The van der Waals surface area contributed by atoms with Crippen LogP contribution >= 0.6 is 0 Å². The molecule has 0 aromatic heterocycles. The molecule has 110 valence electrons. The fraction of sp³-hybridized carbons (Fsp3) is 0.467. The summed E-state index contributed by atoms with van der Waals surface area (Å²) in [6.45, 7) is 7.67. The van der Waals surface area contributed by atoms with Crippen LogP contribution in [0, 0.1) is 6.92 Å². The van der Waals surface area contributed by atoms with Crippen LogP contribution in [0.3, 0.4) is 0 Å². The Morgan fingerprint density at radius 2 is 1.75 bits per heavy atom. The maximum absolute atomic E-state index is 12.5. The van der Waals surface area contributed by atoms with Crippen LogP contribution in [0.2, 0.25) is 0 Å². The Balaban J connectivity index is 3.00. The molecule has 0 spiro atoms. The lowest BCUT2D eigenvalue weighted by Gasteiger charge is -2.31. The summed E-state index contributed by atoms with van der Waals surface area (Å²) < 4.78 is 0. The smallest absolute Gasteiger partial charge is 0.325 e. The van der Waals surface area contributed by atoms with Crippen molar-refractivity contribution in [1.29, 1.82) is 0 Å². The summed E-state index contributed by atoms with van der Waals surface area (Å²) in [7, 11) is 0. The lowest BCUT2D eigenvalue weighted by atomic mass is 10.2. The number of hydrogen-bond acceptors (Lipinski definition) is 2. The first-order chi connectivity index (χ1) is 9.36. The molecule has 1 rings (SSSR count). The molecule has 5 heteroatoms. The second-order valence-electron chi connectivity index (χ2n) is 4.98. The van der Waals surface area contributed by atoms with E-state index in [1.165, 1.54) is 4.90 Å². The quantitative estimate of drug-likeness (QED) is 0.901. The number of rotatable bonds is 5. The lowest BCUT2D eigenvalue weighted by molar-refractivity contribution is -0.137. The number of nitrogens with zero attached hydrogens (tertiary/aromatic N) is 2. The highest BCUT2D eigenvalue weighted by atomic mass is 16.4. The summed E-state index contributed by atoms with van der Waals surface area (Å²) in [5, 5.41) is 8.93. The first-order valence-electron chi connectivity index (χ1n) is 6.73. The van der Waals surface area contributed by atoms with Crippen molar-refractivity contribution in [3.63, 3.8) is 0 Å². The van der Waals surface area contributed by atoms with Crippen molar-refractivity contribution in [1.82, 2.24) is 4.90 Å². The van der Waals surface area contributed by atoms with Gasteiger partial charge in [0.15, 0.2) is 0 Å². The Bertz CT molecular complexity index is 469. The third kappa shape index (κ3) is 3.98. The van der Waals surface area contributed by atoms with Gasteiger partial charge in [0, 0.05) is 18.3 Å². The number of urea groups is 1. The van der Waals surface area contributed by atoms with Gasteiger partial charge in [-0.2, -0.15) is 0 Å². The van der Waals surface area contributed by atoms with E-state index in [0.29, 0.717) is 6.54 Å². The molecule has 0 radical (unpaired) electrons. The number of carbonyl (C=O) groups excluding carboxylic acids is 1. The third-order valence-corrected chi connectivity index (χ3v) is 3.07. The highest BCUT2D eigenvalue weighted by Crippen LogP contribution is 2.17. The fourth-order valence-electron chi connectivity index (χ4n) is 1.92. The molecule has 1 aromatic carbocycles. The number of aliphatic carboxylic acids is 1. The minimum absolute atomic E-state index is 0.168. The molecule has 0 fully saturated rings. The van der Waals surface area contributed by atoms with Gasteiger partial charge in [-0.05, 0) is 39.8 Å². The highest BCUT2D eigenvalue weighted by Gasteiger charge is 2.25. The van der Waals surface area contributed by atoms with E-state index in [1.54, 1.807) is 4.90 Å². The van der Waals surface area contributed by atoms with E-state index in [0.717, 1.165) is 11.3 Å². The molecule has 0 heterocycles. The number of carboxylic acid groups (broad SMARTS) is 1. The Morgan fingerprint density at radius 3 is 2.15 bits per heavy atom. The Hall–Kier alpha value is -2.04. The monoisotopic (exact) mass is 278 g/mol. The van der Waals surface area contributed by atoms with Crippen LogP contribution in [-0.2, 0) is 4.79 Å². The Morgan fingerprint density at radius 1 is 1.20 bits per heavy atom. The van der Waals surface area contributed by atoms with Gasteiger partial charge in [0.1, 0.15) is 6.54 Å². The zero-order valence-electron chi connectivity index (χ0n) is 12.5. The summed E-state index contributed by atoms with van der Waals surface area (Å²) >= 11 is 0. The summed E-state index contributed by atoms with van der Waals surface area (Å²) in [5.74, 6) is -1.01. The fourth-order valence-corrected chi connectivity index (χ4v) is 1.92. The zero-order chi connectivity index (χ0) is 15.3. The minimum atomic E-state index is -1.01. The van der Waals surface area contributed by atoms with E-state index >= 15 is 0 Å². The molecule has 1 N–H and O–H groups in total. The molecule has 2 amide bonds. The summed E-state index contributed by atoms with van der Waals surface area (Å²) in [6.07, 6.45) is 0. The number of aryl methyl sites for hydroxylation is 1. The largest absolute Gasteiger partial charge is 0.480 e. The van der Waals surface area contributed by atoms with E-state index in [1.807, 2.05) is 52.0 Å². The lowest BCUT2D eigenvalue weighted by Crippen LogP contribution is -2.48. The van der Waals surface area contributed by atoms with Gasteiger partial charge in [0.25, 0.3) is 0 Å². The number of carboxylic acids is 1. The minimum Gasteiger partial charge on any atom is -0.480 e. The van der Waals surface area contributed by atoms with E-state index < -0.39 is 5.97 Å². The highest BCUT2D eigenvalue weighted by molar-refractivity contribution is 5.93. The van der Waals surface area contributed by atoms with Gasteiger partial charge in [-0.15, -0.1) is 0 Å². The summed E-state index contributed by atoms with van der Waals surface area (Å²) in [5.41, 5.74) is 1.89. The molecule has 0 saturated carbocycles. The Kier molecular flexibility index (Phi) is 5.55. The zero-order valence-corrected chi connectivity index (χ0v) is 12.5.